The summed E-state index contributed by atoms with van der Waals surface area (Å²) in [6.45, 7) is 1.70. The van der Waals surface area contributed by atoms with Crippen LogP contribution >= 0.6 is 11.6 Å². The van der Waals surface area contributed by atoms with E-state index < -0.39 is 22.0 Å². The molecule has 126 valence electrons. The molecule has 1 aromatic carbocycles. The average molecular weight is 352 g/mol. The summed E-state index contributed by atoms with van der Waals surface area (Å²) in [5.74, 6) is -0.818. The zero-order valence-electron chi connectivity index (χ0n) is 12.7. The first-order valence-electron chi connectivity index (χ1n) is 7.35. The molecule has 0 amide bonds. The molecule has 2 N–H and O–H groups in total. The number of carbonyl (C=O) groups is 1. The van der Waals surface area contributed by atoms with Gasteiger partial charge in [-0.2, -0.15) is 0 Å². The molecule has 1 aliphatic rings. The van der Waals surface area contributed by atoms with Crippen molar-refractivity contribution >= 4 is 39.8 Å². The van der Waals surface area contributed by atoms with Crippen molar-refractivity contribution in [2.45, 2.75) is 25.8 Å². The number of nitrogens with zero attached hydrogens (tertiary/aromatic N) is 2. The first-order chi connectivity index (χ1) is 11.4. The van der Waals surface area contributed by atoms with Gasteiger partial charge in [0.15, 0.2) is 0 Å². The Morgan fingerprint density at radius 1 is 1.54 bits per heavy atom. The van der Waals surface area contributed by atoms with Crippen LogP contribution in [0.5, 0.6) is 0 Å². The molecule has 1 saturated carbocycles. The van der Waals surface area contributed by atoms with Gasteiger partial charge >= 0.3 is 11.7 Å². The van der Waals surface area contributed by atoms with Crippen molar-refractivity contribution in [3.63, 3.8) is 0 Å². The molecule has 2 aromatic rings. The number of halogens is 1. The summed E-state index contributed by atoms with van der Waals surface area (Å²) in [6.07, 6.45) is 3.07. The maximum atomic E-state index is 12.7. The molecule has 0 spiro atoms. The zero-order valence-corrected chi connectivity index (χ0v) is 13.5. The normalized spacial score (nSPS) is 13.9. The summed E-state index contributed by atoms with van der Waals surface area (Å²) in [5, 5.41) is 11.2. The minimum absolute atomic E-state index is 0.00751. The first kappa shape index (κ1) is 16.3. The van der Waals surface area contributed by atoms with Crippen LogP contribution in [0.2, 0.25) is 5.02 Å². The Bertz CT molecular complexity index is 933. The Balaban J connectivity index is 2.46. The van der Waals surface area contributed by atoms with Crippen molar-refractivity contribution in [1.29, 1.82) is 0 Å². The maximum absolute atomic E-state index is 12.7. The van der Waals surface area contributed by atoms with Crippen LogP contribution in [0.1, 0.15) is 36.2 Å². The molecule has 3 rings (SSSR count). The third kappa shape index (κ3) is 2.48. The van der Waals surface area contributed by atoms with Gasteiger partial charge in [-0.15, -0.1) is 0 Å². The van der Waals surface area contributed by atoms with E-state index in [-0.39, 0.29) is 34.3 Å². The summed E-state index contributed by atoms with van der Waals surface area (Å²) in [4.78, 5) is 35.5. The number of hydrogen-bond donors (Lipinski definition) is 1. The molecule has 0 saturated heterocycles. The van der Waals surface area contributed by atoms with Crippen LogP contribution in [0, 0.1) is 10.1 Å². The van der Waals surface area contributed by atoms with Gasteiger partial charge in [-0.3, -0.25) is 14.9 Å². The molecule has 8 nitrogen and oxygen atoms in total. The molecule has 1 fully saturated rings. The predicted molar refractivity (Wildman–Crippen MR) is 88.5 cm³/mol. The third-order valence-electron chi connectivity index (χ3n) is 3.91. The molecule has 24 heavy (non-hydrogen) atoms. The van der Waals surface area contributed by atoms with Crippen LogP contribution in [-0.4, -0.2) is 22.1 Å². The van der Waals surface area contributed by atoms with Crippen LogP contribution in [-0.2, 0) is 4.74 Å². The number of nitrogen functional groups attached to an aromatic ring is 1. The molecule has 1 heterocycles. The SMILES string of the molecule is CCOC(=O)c1cn(C2CC2)c2cc(Cl)c(N)c([N+](=O)[O-])c2c1=O. The highest BCUT2D eigenvalue weighted by atomic mass is 35.5. The summed E-state index contributed by atoms with van der Waals surface area (Å²) in [6, 6.07) is 1.48. The van der Waals surface area contributed by atoms with Crippen LogP contribution in [0.4, 0.5) is 11.4 Å². The van der Waals surface area contributed by atoms with Crippen molar-refractivity contribution in [1.82, 2.24) is 4.57 Å². The Kier molecular flexibility index (Phi) is 3.92. The van der Waals surface area contributed by atoms with Gasteiger partial charge in [0.25, 0.3) is 0 Å². The maximum Gasteiger partial charge on any atom is 0.343 e. The second-order valence-electron chi connectivity index (χ2n) is 5.50. The number of hydrogen-bond acceptors (Lipinski definition) is 6. The van der Waals surface area contributed by atoms with Gasteiger partial charge in [0, 0.05) is 12.2 Å². The lowest BCUT2D eigenvalue weighted by atomic mass is 10.1. The van der Waals surface area contributed by atoms with Crippen molar-refractivity contribution in [2.75, 3.05) is 12.3 Å². The van der Waals surface area contributed by atoms with E-state index in [2.05, 4.69) is 0 Å². The van der Waals surface area contributed by atoms with E-state index in [4.69, 9.17) is 22.1 Å². The van der Waals surface area contributed by atoms with E-state index in [1.165, 1.54) is 12.3 Å². The monoisotopic (exact) mass is 351 g/mol. The second kappa shape index (κ2) is 5.79. The van der Waals surface area contributed by atoms with Crippen molar-refractivity contribution < 1.29 is 14.5 Å². The molecule has 0 atom stereocenters. The summed E-state index contributed by atoms with van der Waals surface area (Å²) < 4.78 is 6.56. The number of nitro groups is 1. The molecular formula is C15H14ClN3O5. The smallest absolute Gasteiger partial charge is 0.343 e. The third-order valence-corrected chi connectivity index (χ3v) is 4.22. The van der Waals surface area contributed by atoms with Crippen LogP contribution in [0.25, 0.3) is 10.9 Å². The standard InChI is InChI=1S/C15H14ClN3O5/c1-2-24-15(21)8-6-18(7-3-4-7)10-5-9(16)12(17)13(19(22)23)11(10)14(8)20/h5-7H,2-4,17H2,1H3. The van der Waals surface area contributed by atoms with Crippen LogP contribution in [0.15, 0.2) is 17.1 Å². The fraction of sp³-hybridized carbons (Fsp3) is 0.333. The number of ether oxygens (including phenoxy) is 1. The van der Waals surface area contributed by atoms with E-state index in [1.807, 2.05) is 0 Å². The van der Waals surface area contributed by atoms with Gasteiger partial charge in [0.1, 0.15) is 16.6 Å². The average Bonchev–Trinajstić information content (AvgIpc) is 3.34. The topological polar surface area (TPSA) is 117 Å². The second-order valence-corrected chi connectivity index (χ2v) is 5.91. The number of aromatic nitrogens is 1. The fourth-order valence-corrected chi connectivity index (χ4v) is 2.86. The lowest BCUT2D eigenvalue weighted by Crippen LogP contribution is -2.22. The van der Waals surface area contributed by atoms with E-state index in [1.54, 1.807) is 11.5 Å². The van der Waals surface area contributed by atoms with Crippen molar-refractivity contribution in [2.24, 2.45) is 0 Å². The van der Waals surface area contributed by atoms with Gasteiger partial charge in [0.05, 0.1) is 22.1 Å². The number of rotatable bonds is 4. The Hall–Kier alpha value is -2.61. The predicted octanol–water partition coefficient (Wildman–Crippen LogP) is 2.66. The van der Waals surface area contributed by atoms with E-state index in [9.17, 15) is 19.7 Å². The number of anilines is 1. The zero-order chi connectivity index (χ0) is 17.6. The van der Waals surface area contributed by atoms with Crippen molar-refractivity contribution in [3.8, 4) is 0 Å². The van der Waals surface area contributed by atoms with Gasteiger partial charge < -0.3 is 15.0 Å². The minimum Gasteiger partial charge on any atom is -0.462 e. The summed E-state index contributed by atoms with van der Waals surface area (Å²) >= 11 is 6.00. The first-order valence-corrected chi connectivity index (χ1v) is 7.73. The van der Waals surface area contributed by atoms with Gasteiger partial charge in [-0.05, 0) is 25.8 Å². The van der Waals surface area contributed by atoms with Crippen LogP contribution < -0.4 is 11.2 Å². The van der Waals surface area contributed by atoms with Crippen molar-refractivity contribution in [3.05, 3.63) is 43.2 Å². The molecule has 0 radical (unpaired) electrons. The molecule has 0 unspecified atom stereocenters. The van der Waals surface area contributed by atoms with E-state index in [0.29, 0.717) is 5.52 Å². The quantitative estimate of drug-likeness (QED) is 0.391. The Morgan fingerprint density at radius 2 is 2.21 bits per heavy atom. The lowest BCUT2D eigenvalue weighted by molar-refractivity contribution is -0.382. The Morgan fingerprint density at radius 3 is 2.75 bits per heavy atom. The van der Waals surface area contributed by atoms with E-state index in [0.717, 1.165) is 12.8 Å². The molecular weight excluding hydrogens is 338 g/mol. The summed E-state index contributed by atoms with van der Waals surface area (Å²) in [5.41, 5.74) is 4.09. The summed E-state index contributed by atoms with van der Waals surface area (Å²) in [7, 11) is 0. The van der Waals surface area contributed by atoms with Gasteiger partial charge in [-0.25, -0.2) is 4.79 Å². The Labute approximate surface area is 140 Å². The highest BCUT2D eigenvalue weighted by Gasteiger charge is 2.32. The molecule has 0 aliphatic heterocycles. The molecule has 1 aromatic heterocycles. The number of fused-ring (bicyclic) bond motifs is 1. The highest BCUT2D eigenvalue weighted by Crippen LogP contribution is 2.41. The minimum atomic E-state index is -0.818. The van der Waals surface area contributed by atoms with Crippen LogP contribution in [0.3, 0.4) is 0 Å². The molecule has 9 heteroatoms. The molecule has 1 aliphatic carbocycles. The number of pyridine rings is 1. The number of carbonyl (C=O) groups excluding carboxylic acids is 1. The number of esters is 1. The van der Waals surface area contributed by atoms with Gasteiger partial charge in [0.2, 0.25) is 5.43 Å². The largest absolute Gasteiger partial charge is 0.462 e. The fourth-order valence-electron chi connectivity index (χ4n) is 2.67. The molecule has 0 bridgehead atoms. The number of nitrogens with two attached hydrogens (primary N) is 1. The highest BCUT2D eigenvalue weighted by molar-refractivity contribution is 6.34. The number of nitro benzene ring substituents is 1. The lowest BCUT2D eigenvalue weighted by Gasteiger charge is -2.14. The number of benzene rings is 1. The van der Waals surface area contributed by atoms with Gasteiger partial charge in [-0.1, -0.05) is 11.6 Å². The van der Waals surface area contributed by atoms with E-state index >= 15 is 0 Å².